The highest BCUT2D eigenvalue weighted by Crippen LogP contribution is 2.52. The minimum atomic E-state index is -0.00910. The van der Waals surface area contributed by atoms with Gasteiger partial charge in [-0.05, 0) is 68.8 Å². The maximum atomic E-state index is 13.0. The molecule has 2 heterocycles. The fourth-order valence-electron chi connectivity index (χ4n) is 5.19. The van der Waals surface area contributed by atoms with E-state index in [-0.39, 0.29) is 29.8 Å². The van der Waals surface area contributed by atoms with Crippen LogP contribution < -0.4 is 5.32 Å². The maximum Gasteiger partial charge on any atom is 0.254 e. The fraction of sp³-hybridized carbons (Fsp3) is 0.636. The molecule has 0 unspecified atom stereocenters. The minimum Gasteiger partial charge on any atom is -0.351 e. The molecule has 2 amide bonds. The summed E-state index contributed by atoms with van der Waals surface area (Å²) in [7, 11) is 0. The van der Waals surface area contributed by atoms with Crippen LogP contribution in [0.3, 0.4) is 0 Å². The van der Waals surface area contributed by atoms with Gasteiger partial charge in [0, 0.05) is 40.6 Å². The van der Waals surface area contributed by atoms with Gasteiger partial charge >= 0.3 is 0 Å². The van der Waals surface area contributed by atoms with Crippen molar-refractivity contribution in [2.45, 2.75) is 62.4 Å². The second kappa shape index (κ2) is 7.13. The molecule has 5 rings (SSSR count). The van der Waals surface area contributed by atoms with Gasteiger partial charge in [0.2, 0.25) is 5.91 Å². The lowest BCUT2D eigenvalue weighted by molar-refractivity contribution is -0.123. The van der Waals surface area contributed by atoms with Crippen molar-refractivity contribution in [1.82, 2.24) is 15.1 Å². The molecule has 0 bridgehead atoms. The second-order valence-corrected chi connectivity index (χ2v) is 10.0. The lowest BCUT2D eigenvalue weighted by atomic mass is 9.86. The highest BCUT2D eigenvalue weighted by atomic mass is 79.9. The van der Waals surface area contributed by atoms with E-state index in [2.05, 4.69) is 32.2 Å². The van der Waals surface area contributed by atoms with Crippen LogP contribution in [-0.4, -0.2) is 59.9 Å². The van der Waals surface area contributed by atoms with E-state index in [9.17, 15) is 9.59 Å². The molecule has 1 N–H and O–H groups in total. The summed E-state index contributed by atoms with van der Waals surface area (Å²) in [4.78, 5) is 30.1. The number of benzene rings is 1. The number of rotatable bonds is 4. The number of amides is 2. The van der Waals surface area contributed by atoms with E-state index in [1.807, 2.05) is 12.1 Å². The van der Waals surface area contributed by atoms with Crippen LogP contribution in [0.4, 0.5) is 0 Å². The summed E-state index contributed by atoms with van der Waals surface area (Å²) in [6, 6.07) is 6.87. The predicted octanol–water partition coefficient (Wildman–Crippen LogP) is 3.07. The average Bonchev–Trinajstić information content (AvgIpc) is 3.39. The molecule has 1 spiro atoms. The third kappa shape index (κ3) is 3.39. The Bertz CT molecular complexity index is 803. The molecule has 4 aliphatic rings. The van der Waals surface area contributed by atoms with Crippen molar-refractivity contribution in [3.05, 3.63) is 33.8 Å². The number of hydrogen-bond donors (Lipinski definition) is 1. The number of nitrogens with one attached hydrogen (secondary N) is 1. The summed E-state index contributed by atoms with van der Waals surface area (Å²) in [5, 5.41) is 3.22. The number of likely N-dealkylation sites (tertiary alicyclic amines) is 1. The van der Waals surface area contributed by atoms with Crippen molar-refractivity contribution in [1.29, 1.82) is 0 Å². The fourth-order valence-corrected chi connectivity index (χ4v) is 5.56. The number of halogens is 1. The first-order valence-corrected chi connectivity index (χ1v) is 11.5. The van der Waals surface area contributed by atoms with Crippen LogP contribution in [-0.2, 0) is 10.2 Å². The van der Waals surface area contributed by atoms with Gasteiger partial charge < -0.3 is 10.2 Å². The predicted molar refractivity (Wildman–Crippen MR) is 111 cm³/mol. The molecule has 6 heteroatoms. The maximum absolute atomic E-state index is 13.0. The third-order valence-corrected chi connectivity index (χ3v) is 7.65. The van der Waals surface area contributed by atoms with Gasteiger partial charge in [-0.15, -0.1) is 0 Å². The molecular weight excluding hydrogens is 418 g/mol. The van der Waals surface area contributed by atoms with Crippen molar-refractivity contribution < 1.29 is 9.59 Å². The number of nitrogens with zero attached hydrogens (tertiary/aromatic N) is 2. The molecule has 1 saturated heterocycles. The smallest absolute Gasteiger partial charge is 0.254 e. The summed E-state index contributed by atoms with van der Waals surface area (Å²) in [6.45, 7) is 2.97. The molecule has 0 radical (unpaired) electrons. The lowest BCUT2D eigenvalue weighted by Gasteiger charge is -2.42. The Labute approximate surface area is 175 Å². The molecule has 1 aromatic carbocycles. The van der Waals surface area contributed by atoms with E-state index in [0.717, 1.165) is 60.4 Å². The Morgan fingerprint density at radius 3 is 2.75 bits per heavy atom. The number of piperidine rings is 1. The second-order valence-electron chi connectivity index (χ2n) is 9.12. The topological polar surface area (TPSA) is 52.7 Å². The molecule has 1 atom stereocenters. The summed E-state index contributed by atoms with van der Waals surface area (Å²) in [5.74, 6) is -0.0138. The number of carbonyl (C=O) groups excluding carboxylic acids is 2. The van der Waals surface area contributed by atoms with Crippen LogP contribution in [0, 0.1) is 0 Å². The monoisotopic (exact) mass is 445 g/mol. The molecule has 2 aliphatic carbocycles. The quantitative estimate of drug-likeness (QED) is 0.774. The van der Waals surface area contributed by atoms with Gasteiger partial charge in [0.05, 0.1) is 6.54 Å². The van der Waals surface area contributed by atoms with E-state index in [4.69, 9.17) is 0 Å². The summed E-state index contributed by atoms with van der Waals surface area (Å²) in [6.07, 6.45) is 8.34. The van der Waals surface area contributed by atoms with Gasteiger partial charge in [0.25, 0.3) is 5.91 Å². The van der Waals surface area contributed by atoms with Crippen molar-refractivity contribution in [2.24, 2.45) is 0 Å². The van der Waals surface area contributed by atoms with Gasteiger partial charge in [0.15, 0.2) is 0 Å². The molecule has 28 heavy (non-hydrogen) atoms. The molecule has 0 aromatic heterocycles. The largest absolute Gasteiger partial charge is 0.351 e. The molecule has 5 nitrogen and oxygen atoms in total. The summed E-state index contributed by atoms with van der Waals surface area (Å²) >= 11 is 3.53. The van der Waals surface area contributed by atoms with E-state index in [1.54, 1.807) is 4.90 Å². The van der Waals surface area contributed by atoms with E-state index in [1.165, 1.54) is 19.3 Å². The first-order chi connectivity index (χ1) is 13.5. The highest BCUT2D eigenvalue weighted by Gasteiger charge is 2.51. The van der Waals surface area contributed by atoms with Crippen molar-refractivity contribution in [2.75, 3.05) is 26.2 Å². The Kier molecular flexibility index (Phi) is 4.74. The average molecular weight is 446 g/mol. The highest BCUT2D eigenvalue weighted by molar-refractivity contribution is 9.10. The normalized spacial score (nSPS) is 26.7. The molecule has 1 aromatic rings. The standard InChI is InChI=1S/C22H28BrN3O2/c23-15-6-7-18-19(11-15)22(8-9-22)14-26(21(18)28)13-20(27)24-16-3-2-10-25(12-16)17-4-1-5-17/h6-7,11,16-17H,1-5,8-10,12-14H2,(H,24,27)/t16-/m0/s1. The molecule has 150 valence electrons. The van der Waals surface area contributed by atoms with Gasteiger partial charge in [0.1, 0.15) is 0 Å². The van der Waals surface area contributed by atoms with Crippen molar-refractivity contribution in [3.63, 3.8) is 0 Å². The zero-order chi connectivity index (χ0) is 19.3. The van der Waals surface area contributed by atoms with E-state index >= 15 is 0 Å². The molecule has 2 saturated carbocycles. The van der Waals surface area contributed by atoms with E-state index < -0.39 is 0 Å². The van der Waals surface area contributed by atoms with Crippen LogP contribution in [0.2, 0.25) is 0 Å². The van der Waals surface area contributed by atoms with Crippen LogP contribution in [0.15, 0.2) is 22.7 Å². The van der Waals surface area contributed by atoms with Crippen LogP contribution >= 0.6 is 15.9 Å². The number of hydrogen-bond acceptors (Lipinski definition) is 3. The van der Waals surface area contributed by atoms with Crippen molar-refractivity contribution in [3.8, 4) is 0 Å². The molecular formula is C22H28BrN3O2. The van der Waals surface area contributed by atoms with Gasteiger partial charge in [-0.2, -0.15) is 0 Å². The minimum absolute atomic E-state index is 0.00471. The third-order valence-electron chi connectivity index (χ3n) is 7.16. The number of carbonyl (C=O) groups is 2. The Balaban J connectivity index is 1.23. The Morgan fingerprint density at radius 1 is 1.21 bits per heavy atom. The van der Waals surface area contributed by atoms with Crippen LogP contribution in [0.5, 0.6) is 0 Å². The molecule has 2 aliphatic heterocycles. The van der Waals surface area contributed by atoms with Gasteiger partial charge in [-0.3, -0.25) is 14.5 Å². The van der Waals surface area contributed by atoms with E-state index in [0.29, 0.717) is 6.54 Å². The number of fused-ring (bicyclic) bond motifs is 2. The first kappa shape index (κ1) is 18.6. The van der Waals surface area contributed by atoms with Gasteiger partial charge in [-0.25, -0.2) is 0 Å². The Morgan fingerprint density at radius 2 is 2.04 bits per heavy atom. The summed E-state index contributed by atoms with van der Waals surface area (Å²) in [5.41, 5.74) is 2.00. The SMILES string of the molecule is O=C(CN1CC2(CC2)c2cc(Br)ccc2C1=O)N[C@H]1CCCN(C2CCC2)C1. The van der Waals surface area contributed by atoms with Crippen molar-refractivity contribution >= 4 is 27.7 Å². The van der Waals surface area contributed by atoms with Crippen LogP contribution in [0.1, 0.15) is 60.9 Å². The Hall–Kier alpha value is -1.40. The lowest BCUT2D eigenvalue weighted by Crippen LogP contribution is -2.55. The zero-order valence-electron chi connectivity index (χ0n) is 16.3. The van der Waals surface area contributed by atoms with Gasteiger partial charge in [-0.1, -0.05) is 22.4 Å². The zero-order valence-corrected chi connectivity index (χ0v) is 17.8. The van der Waals surface area contributed by atoms with Crippen LogP contribution in [0.25, 0.3) is 0 Å². The first-order valence-electron chi connectivity index (χ1n) is 10.7. The summed E-state index contributed by atoms with van der Waals surface area (Å²) < 4.78 is 1.02. The molecule has 3 fully saturated rings.